The third-order valence-electron chi connectivity index (χ3n) is 4.37. The summed E-state index contributed by atoms with van der Waals surface area (Å²) in [7, 11) is 0. The minimum Gasteiger partial charge on any atom is -0.364 e. The van der Waals surface area contributed by atoms with Crippen LogP contribution in [-0.4, -0.2) is 24.7 Å². The van der Waals surface area contributed by atoms with E-state index in [4.69, 9.17) is 10.5 Å². The van der Waals surface area contributed by atoms with Crippen LogP contribution in [0.4, 0.5) is 0 Å². The number of amides is 1. The summed E-state index contributed by atoms with van der Waals surface area (Å²) >= 11 is 0. The molecular weight excluding hydrogens is 312 g/mol. The molecule has 23 heavy (non-hydrogen) atoms. The zero-order valence-corrected chi connectivity index (χ0v) is 15.1. The first-order valence-electron chi connectivity index (χ1n) is 8.29. The normalized spacial score (nSPS) is 21.8. The van der Waals surface area contributed by atoms with E-state index in [9.17, 15) is 4.79 Å². The maximum absolute atomic E-state index is 12.4. The first-order chi connectivity index (χ1) is 10.5. The maximum Gasteiger partial charge on any atom is 0.249 e. The van der Waals surface area contributed by atoms with Crippen LogP contribution in [0.3, 0.4) is 0 Å². The van der Waals surface area contributed by atoms with E-state index in [2.05, 4.69) is 50.4 Å². The number of hydrogen-bond donors (Lipinski definition) is 2. The summed E-state index contributed by atoms with van der Waals surface area (Å²) in [6.07, 6.45) is 2.32. The molecule has 0 aliphatic carbocycles. The predicted octanol–water partition coefficient (Wildman–Crippen LogP) is 2.99. The highest BCUT2D eigenvalue weighted by atomic mass is 35.5. The summed E-state index contributed by atoms with van der Waals surface area (Å²) in [5, 5.41) is 3.15. The van der Waals surface area contributed by atoms with E-state index in [1.165, 1.54) is 5.56 Å². The lowest BCUT2D eigenvalue weighted by Crippen LogP contribution is -2.39. The highest BCUT2D eigenvalue weighted by Gasteiger charge is 2.31. The van der Waals surface area contributed by atoms with Gasteiger partial charge in [-0.1, -0.05) is 45.0 Å². The summed E-state index contributed by atoms with van der Waals surface area (Å²) in [6.45, 7) is 6.87. The quantitative estimate of drug-likeness (QED) is 0.836. The van der Waals surface area contributed by atoms with Gasteiger partial charge in [0.05, 0.1) is 12.1 Å². The number of benzene rings is 1. The molecule has 3 N–H and O–H groups in total. The first-order valence-corrected chi connectivity index (χ1v) is 8.29. The van der Waals surface area contributed by atoms with Gasteiger partial charge in [-0.25, -0.2) is 0 Å². The van der Waals surface area contributed by atoms with Crippen LogP contribution >= 0.6 is 12.4 Å². The number of hydrogen-bond acceptors (Lipinski definition) is 3. The SMILES string of the molecule is CCc1ccc(C(NC(=O)[C@@H]2CC[C@H](CN)O2)C(C)C)cc1.Cl. The van der Waals surface area contributed by atoms with Crippen LogP contribution < -0.4 is 11.1 Å². The molecule has 0 saturated carbocycles. The topological polar surface area (TPSA) is 64.4 Å². The highest BCUT2D eigenvalue weighted by molar-refractivity contribution is 5.85. The number of rotatable bonds is 6. The van der Waals surface area contributed by atoms with Gasteiger partial charge in [-0.05, 0) is 36.3 Å². The Morgan fingerprint density at radius 3 is 2.43 bits per heavy atom. The van der Waals surface area contributed by atoms with Crippen molar-refractivity contribution in [3.63, 3.8) is 0 Å². The molecule has 1 fully saturated rings. The number of halogens is 1. The number of carbonyl (C=O) groups excluding carboxylic acids is 1. The van der Waals surface area contributed by atoms with Crippen molar-refractivity contribution in [2.75, 3.05) is 6.54 Å². The fourth-order valence-electron chi connectivity index (χ4n) is 2.91. The maximum atomic E-state index is 12.4. The molecule has 130 valence electrons. The molecule has 1 heterocycles. The molecule has 1 aromatic carbocycles. The van der Waals surface area contributed by atoms with E-state index >= 15 is 0 Å². The van der Waals surface area contributed by atoms with Crippen molar-refractivity contribution in [2.24, 2.45) is 11.7 Å². The Labute approximate surface area is 145 Å². The van der Waals surface area contributed by atoms with Crippen molar-refractivity contribution in [1.29, 1.82) is 0 Å². The van der Waals surface area contributed by atoms with Gasteiger partial charge in [0, 0.05) is 6.54 Å². The Morgan fingerprint density at radius 2 is 1.96 bits per heavy atom. The van der Waals surface area contributed by atoms with E-state index in [-0.39, 0.29) is 36.6 Å². The second-order valence-electron chi connectivity index (χ2n) is 6.39. The Bertz CT molecular complexity index is 490. The van der Waals surface area contributed by atoms with Crippen LogP contribution in [0.15, 0.2) is 24.3 Å². The summed E-state index contributed by atoms with van der Waals surface area (Å²) in [5.41, 5.74) is 8.06. The van der Waals surface area contributed by atoms with Gasteiger partial charge < -0.3 is 15.8 Å². The Balaban J connectivity index is 0.00000264. The second kappa shape index (κ2) is 9.26. The largest absolute Gasteiger partial charge is 0.364 e. The van der Waals surface area contributed by atoms with Crippen LogP contribution in [0.2, 0.25) is 0 Å². The molecule has 0 bridgehead atoms. The van der Waals surface area contributed by atoms with Gasteiger partial charge in [0.1, 0.15) is 6.10 Å². The van der Waals surface area contributed by atoms with Crippen molar-refractivity contribution >= 4 is 18.3 Å². The molecule has 2 rings (SSSR count). The van der Waals surface area contributed by atoms with Gasteiger partial charge in [-0.3, -0.25) is 4.79 Å². The molecule has 1 unspecified atom stereocenters. The average molecular weight is 341 g/mol. The number of carbonyl (C=O) groups is 1. The minimum absolute atomic E-state index is 0. The van der Waals surface area contributed by atoms with E-state index < -0.39 is 0 Å². The molecule has 4 nitrogen and oxygen atoms in total. The Hall–Kier alpha value is -1.10. The molecule has 0 aromatic heterocycles. The van der Waals surface area contributed by atoms with Crippen LogP contribution in [0.25, 0.3) is 0 Å². The number of aryl methyl sites for hydroxylation is 1. The van der Waals surface area contributed by atoms with Crippen molar-refractivity contribution in [3.05, 3.63) is 35.4 Å². The average Bonchev–Trinajstić information content (AvgIpc) is 3.01. The van der Waals surface area contributed by atoms with E-state index in [0.29, 0.717) is 12.5 Å². The van der Waals surface area contributed by atoms with Gasteiger partial charge in [0.15, 0.2) is 0 Å². The summed E-state index contributed by atoms with van der Waals surface area (Å²) in [6, 6.07) is 8.50. The molecule has 1 amide bonds. The van der Waals surface area contributed by atoms with Crippen LogP contribution in [0, 0.1) is 5.92 Å². The zero-order chi connectivity index (χ0) is 16.1. The molecule has 3 atom stereocenters. The van der Waals surface area contributed by atoms with Crippen molar-refractivity contribution in [1.82, 2.24) is 5.32 Å². The lowest BCUT2D eigenvalue weighted by Gasteiger charge is -2.25. The minimum atomic E-state index is -0.357. The van der Waals surface area contributed by atoms with Gasteiger partial charge in [0.2, 0.25) is 5.91 Å². The molecule has 1 aromatic rings. The van der Waals surface area contributed by atoms with Gasteiger partial charge in [-0.2, -0.15) is 0 Å². The van der Waals surface area contributed by atoms with Crippen molar-refractivity contribution in [2.45, 2.75) is 58.3 Å². The first kappa shape index (κ1) is 19.9. The zero-order valence-electron chi connectivity index (χ0n) is 14.2. The molecule has 0 spiro atoms. The third-order valence-corrected chi connectivity index (χ3v) is 4.37. The van der Waals surface area contributed by atoms with Crippen molar-refractivity contribution in [3.8, 4) is 0 Å². The molecule has 0 radical (unpaired) electrons. The molecule has 1 aliphatic heterocycles. The van der Waals surface area contributed by atoms with E-state index in [0.717, 1.165) is 24.8 Å². The smallest absolute Gasteiger partial charge is 0.249 e. The number of nitrogens with one attached hydrogen (secondary N) is 1. The summed E-state index contributed by atoms with van der Waals surface area (Å²) < 4.78 is 5.69. The fraction of sp³-hybridized carbons (Fsp3) is 0.611. The van der Waals surface area contributed by atoms with Crippen LogP contribution in [0.5, 0.6) is 0 Å². The highest BCUT2D eigenvalue weighted by Crippen LogP contribution is 2.25. The van der Waals surface area contributed by atoms with E-state index in [1.807, 2.05) is 0 Å². The Morgan fingerprint density at radius 1 is 1.30 bits per heavy atom. The van der Waals surface area contributed by atoms with Gasteiger partial charge in [0.25, 0.3) is 0 Å². The fourth-order valence-corrected chi connectivity index (χ4v) is 2.91. The monoisotopic (exact) mass is 340 g/mol. The summed E-state index contributed by atoms with van der Waals surface area (Å²) in [5.74, 6) is 0.303. The lowest BCUT2D eigenvalue weighted by molar-refractivity contribution is -0.133. The van der Waals surface area contributed by atoms with Gasteiger partial charge >= 0.3 is 0 Å². The molecule has 1 aliphatic rings. The molecule has 5 heteroatoms. The van der Waals surface area contributed by atoms with Crippen LogP contribution in [0.1, 0.15) is 50.8 Å². The van der Waals surface area contributed by atoms with Gasteiger partial charge in [-0.15, -0.1) is 12.4 Å². The van der Waals surface area contributed by atoms with Crippen LogP contribution in [-0.2, 0) is 16.0 Å². The lowest BCUT2D eigenvalue weighted by atomic mass is 9.94. The molecular formula is C18H29ClN2O2. The second-order valence-corrected chi connectivity index (χ2v) is 6.39. The Kier molecular flexibility index (Phi) is 8.03. The van der Waals surface area contributed by atoms with E-state index in [1.54, 1.807) is 0 Å². The summed E-state index contributed by atoms with van der Waals surface area (Å²) in [4.78, 5) is 12.4. The van der Waals surface area contributed by atoms with Crippen molar-refractivity contribution < 1.29 is 9.53 Å². The predicted molar refractivity (Wildman–Crippen MR) is 95.7 cm³/mol. The molecule has 1 saturated heterocycles. The third kappa shape index (κ3) is 5.20. The number of nitrogens with two attached hydrogens (primary N) is 1. The number of ether oxygens (including phenoxy) is 1. The standard InChI is InChI=1S/C18H28N2O2.ClH/c1-4-13-5-7-14(8-6-13)17(12(2)3)20-18(21)16-10-9-15(11-19)22-16;/h5-8,12,15-17H,4,9-11,19H2,1-3H3,(H,20,21);1H/t15-,16+,17?;/m1./s1.